The molecule has 0 radical (unpaired) electrons. The van der Waals surface area contributed by atoms with Gasteiger partial charge in [0.1, 0.15) is 12.2 Å². The van der Waals surface area contributed by atoms with Gasteiger partial charge in [0.25, 0.3) is 0 Å². The molecule has 6 nitrogen and oxygen atoms in total. The van der Waals surface area contributed by atoms with Crippen molar-refractivity contribution in [2.24, 2.45) is 5.73 Å². The lowest BCUT2D eigenvalue weighted by molar-refractivity contribution is -0.0395. The molecule has 1 atom stereocenters. The summed E-state index contributed by atoms with van der Waals surface area (Å²) in [6.07, 6.45) is 3.31. The van der Waals surface area contributed by atoms with Crippen LogP contribution in [0, 0.1) is 0 Å². The van der Waals surface area contributed by atoms with Gasteiger partial charge in [0.05, 0.1) is 12.2 Å². The summed E-state index contributed by atoms with van der Waals surface area (Å²) in [6, 6.07) is 0.226. The van der Waals surface area contributed by atoms with E-state index in [1.54, 1.807) is 7.11 Å². The number of nitrogens with zero attached hydrogens (tertiary/aromatic N) is 3. The molecule has 3 N–H and O–H groups in total. The predicted molar refractivity (Wildman–Crippen MR) is 69.2 cm³/mol. The molecule has 0 amide bonds. The number of nitrogens with two attached hydrogens (primary N) is 1. The van der Waals surface area contributed by atoms with E-state index in [1.807, 2.05) is 18.5 Å². The van der Waals surface area contributed by atoms with Crippen molar-refractivity contribution in [2.75, 3.05) is 20.3 Å². The van der Waals surface area contributed by atoms with Gasteiger partial charge in [0, 0.05) is 19.6 Å². The van der Waals surface area contributed by atoms with E-state index in [0.29, 0.717) is 19.4 Å². The number of aliphatic hydroxyl groups is 1. The molecule has 0 aliphatic heterocycles. The third-order valence-corrected chi connectivity index (χ3v) is 2.88. The van der Waals surface area contributed by atoms with Crippen molar-refractivity contribution in [3.63, 3.8) is 0 Å². The zero-order chi connectivity index (χ0) is 13.6. The van der Waals surface area contributed by atoms with Gasteiger partial charge in [-0.2, -0.15) is 5.10 Å². The van der Waals surface area contributed by atoms with Gasteiger partial charge in [-0.25, -0.2) is 9.67 Å². The summed E-state index contributed by atoms with van der Waals surface area (Å²) in [4.78, 5) is 4.22. The van der Waals surface area contributed by atoms with Gasteiger partial charge in [-0.15, -0.1) is 0 Å². The molecule has 18 heavy (non-hydrogen) atoms. The molecule has 1 rings (SSSR count). The molecule has 0 spiro atoms. The maximum absolute atomic E-state index is 10.6. The maximum atomic E-state index is 10.6. The molecule has 0 saturated carbocycles. The molecular formula is C12H24N4O2. The van der Waals surface area contributed by atoms with Gasteiger partial charge in [-0.05, 0) is 33.2 Å². The van der Waals surface area contributed by atoms with Gasteiger partial charge >= 0.3 is 0 Å². The number of rotatable bonds is 8. The Hall–Kier alpha value is -0.980. The largest absolute Gasteiger partial charge is 0.387 e. The average molecular weight is 256 g/mol. The molecule has 6 heteroatoms. The van der Waals surface area contributed by atoms with Crippen molar-refractivity contribution < 1.29 is 9.84 Å². The number of hydrogen-bond donors (Lipinski definition) is 2. The van der Waals surface area contributed by atoms with E-state index in [1.165, 1.54) is 6.33 Å². The predicted octanol–water partition coefficient (Wildman–Crippen LogP) is 0.518. The van der Waals surface area contributed by atoms with Crippen molar-refractivity contribution in [3.05, 3.63) is 12.2 Å². The molecule has 1 aromatic heterocycles. The third-order valence-electron chi connectivity index (χ3n) is 2.88. The Morgan fingerprint density at radius 2 is 2.28 bits per heavy atom. The van der Waals surface area contributed by atoms with E-state index in [2.05, 4.69) is 10.1 Å². The quantitative estimate of drug-likeness (QED) is 0.708. The second-order valence-corrected chi connectivity index (χ2v) is 4.94. The lowest BCUT2D eigenvalue weighted by Gasteiger charge is -2.27. The molecule has 0 fully saturated rings. The third kappa shape index (κ3) is 4.04. The Labute approximate surface area is 108 Å². The van der Waals surface area contributed by atoms with E-state index in [4.69, 9.17) is 10.5 Å². The van der Waals surface area contributed by atoms with Gasteiger partial charge in [0.15, 0.2) is 0 Å². The monoisotopic (exact) mass is 256 g/mol. The Balaban J connectivity index is 2.78. The van der Waals surface area contributed by atoms with E-state index in [-0.39, 0.29) is 12.6 Å². The van der Waals surface area contributed by atoms with Crippen LogP contribution in [0.15, 0.2) is 6.33 Å². The minimum atomic E-state index is -0.923. The number of aromatic nitrogens is 3. The van der Waals surface area contributed by atoms with E-state index in [9.17, 15) is 5.11 Å². The lowest BCUT2D eigenvalue weighted by Crippen LogP contribution is -2.38. The first-order chi connectivity index (χ1) is 8.52. The molecule has 104 valence electrons. The SMILES string of the molecule is COCC(O)(CCCN)Cc1ncnn1C(C)C. The molecule has 0 saturated heterocycles. The summed E-state index contributed by atoms with van der Waals surface area (Å²) < 4.78 is 6.93. The maximum Gasteiger partial charge on any atom is 0.138 e. The summed E-state index contributed by atoms with van der Waals surface area (Å²) >= 11 is 0. The second-order valence-electron chi connectivity index (χ2n) is 4.94. The van der Waals surface area contributed by atoms with Crippen LogP contribution in [-0.4, -0.2) is 45.7 Å². The van der Waals surface area contributed by atoms with Crippen molar-refractivity contribution in [3.8, 4) is 0 Å². The summed E-state index contributed by atoms with van der Waals surface area (Å²) in [5.74, 6) is 0.779. The number of ether oxygens (including phenoxy) is 1. The highest BCUT2D eigenvalue weighted by Gasteiger charge is 2.29. The highest BCUT2D eigenvalue weighted by atomic mass is 16.5. The van der Waals surface area contributed by atoms with Crippen LogP contribution in [0.2, 0.25) is 0 Å². The van der Waals surface area contributed by atoms with Gasteiger partial charge in [-0.3, -0.25) is 0 Å². The first-order valence-corrected chi connectivity index (χ1v) is 6.32. The van der Waals surface area contributed by atoms with Crippen molar-refractivity contribution in [1.29, 1.82) is 0 Å². The molecule has 1 aromatic rings. The van der Waals surface area contributed by atoms with Crippen LogP contribution in [0.1, 0.15) is 38.6 Å². The van der Waals surface area contributed by atoms with Crippen LogP contribution >= 0.6 is 0 Å². The van der Waals surface area contributed by atoms with Crippen LogP contribution in [0.25, 0.3) is 0 Å². The number of methoxy groups -OCH3 is 1. The first-order valence-electron chi connectivity index (χ1n) is 6.32. The minimum Gasteiger partial charge on any atom is -0.387 e. The zero-order valence-corrected chi connectivity index (χ0v) is 11.5. The molecule has 0 aliphatic rings. The Morgan fingerprint density at radius 3 is 2.83 bits per heavy atom. The number of hydrogen-bond acceptors (Lipinski definition) is 5. The van der Waals surface area contributed by atoms with Gasteiger partial charge < -0.3 is 15.6 Å². The van der Waals surface area contributed by atoms with E-state index in [0.717, 1.165) is 12.2 Å². The normalized spacial score (nSPS) is 15.0. The average Bonchev–Trinajstić information content (AvgIpc) is 2.74. The van der Waals surface area contributed by atoms with Crippen LogP contribution in [0.3, 0.4) is 0 Å². The molecule has 0 aromatic carbocycles. The topological polar surface area (TPSA) is 86.2 Å². The highest BCUT2D eigenvalue weighted by Crippen LogP contribution is 2.20. The molecule has 0 aliphatic carbocycles. The van der Waals surface area contributed by atoms with Crippen LogP contribution in [-0.2, 0) is 11.2 Å². The lowest BCUT2D eigenvalue weighted by atomic mass is 9.94. The summed E-state index contributed by atoms with van der Waals surface area (Å²) in [5, 5.41) is 14.7. The molecule has 1 unspecified atom stereocenters. The Morgan fingerprint density at radius 1 is 1.56 bits per heavy atom. The smallest absolute Gasteiger partial charge is 0.138 e. The Kier molecular flexibility index (Phi) is 5.71. The highest BCUT2D eigenvalue weighted by molar-refractivity contribution is 4.96. The van der Waals surface area contributed by atoms with Crippen molar-refractivity contribution in [2.45, 2.75) is 44.8 Å². The fourth-order valence-corrected chi connectivity index (χ4v) is 2.04. The van der Waals surface area contributed by atoms with Crippen LogP contribution in [0.5, 0.6) is 0 Å². The van der Waals surface area contributed by atoms with Gasteiger partial charge in [-0.1, -0.05) is 0 Å². The minimum absolute atomic E-state index is 0.226. The van der Waals surface area contributed by atoms with E-state index < -0.39 is 5.60 Å². The fraction of sp³-hybridized carbons (Fsp3) is 0.833. The van der Waals surface area contributed by atoms with Gasteiger partial charge in [0.2, 0.25) is 0 Å². The summed E-state index contributed by atoms with van der Waals surface area (Å²) in [6.45, 7) is 4.90. The summed E-state index contributed by atoms with van der Waals surface area (Å²) in [5.41, 5.74) is 4.58. The standard InChI is InChI=1S/C12H24N4O2/c1-10(2)16-11(14-9-15-16)7-12(17,8-18-3)5-4-6-13/h9-10,17H,4-8,13H2,1-3H3. The molecular weight excluding hydrogens is 232 g/mol. The van der Waals surface area contributed by atoms with Crippen LogP contribution in [0.4, 0.5) is 0 Å². The molecule has 0 bridgehead atoms. The fourth-order valence-electron chi connectivity index (χ4n) is 2.04. The van der Waals surface area contributed by atoms with Crippen molar-refractivity contribution >= 4 is 0 Å². The summed E-state index contributed by atoms with van der Waals surface area (Å²) in [7, 11) is 1.58. The second kappa shape index (κ2) is 6.82. The molecule has 1 heterocycles. The van der Waals surface area contributed by atoms with E-state index >= 15 is 0 Å². The zero-order valence-electron chi connectivity index (χ0n) is 11.5. The van der Waals surface area contributed by atoms with Crippen LogP contribution < -0.4 is 5.73 Å². The Bertz CT molecular complexity index is 354. The first kappa shape index (κ1) is 15.1. The van der Waals surface area contributed by atoms with Crippen molar-refractivity contribution in [1.82, 2.24) is 14.8 Å².